The number of hydrogen-bond donors (Lipinski definition) is 1. The Hall–Kier alpha value is -2.53. The summed E-state index contributed by atoms with van der Waals surface area (Å²) in [6.45, 7) is 4.71. The number of ether oxygens (including phenoxy) is 2. The maximum atomic E-state index is 12.4. The fraction of sp³-hybridized carbons (Fsp3) is 0.316. The summed E-state index contributed by atoms with van der Waals surface area (Å²) < 4.78 is 11.2. The zero-order chi connectivity index (χ0) is 17.1. The third-order valence-corrected chi connectivity index (χ3v) is 3.97. The lowest BCUT2D eigenvalue weighted by Gasteiger charge is -2.31. The molecule has 1 aliphatic rings. The van der Waals surface area contributed by atoms with Gasteiger partial charge in [0.25, 0.3) is 5.91 Å². The van der Waals surface area contributed by atoms with Gasteiger partial charge in [0.1, 0.15) is 0 Å². The van der Waals surface area contributed by atoms with Crippen molar-refractivity contribution in [3.63, 3.8) is 0 Å². The number of fused-ring (bicyclic) bond motifs is 1. The molecule has 0 radical (unpaired) electrons. The highest BCUT2D eigenvalue weighted by Gasteiger charge is 2.29. The molecule has 126 valence electrons. The molecule has 1 aliphatic heterocycles. The van der Waals surface area contributed by atoms with Gasteiger partial charge in [0, 0.05) is 0 Å². The quantitative estimate of drug-likeness (QED) is 0.917. The number of aryl methyl sites for hydroxylation is 1. The summed E-state index contributed by atoms with van der Waals surface area (Å²) in [6.07, 6.45) is 0. The third-order valence-electron chi connectivity index (χ3n) is 3.97. The van der Waals surface area contributed by atoms with E-state index in [1.54, 1.807) is 17.0 Å². The summed E-state index contributed by atoms with van der Waals surface area (Å²) in [5.74, 6) is 1.00. The van der Waals surface area contributed by atoms with Crippen LogP contribution in [0.25, 0.3) is 0 Å². The third kappa shape index (κ3) is 3.21. The second kappa shape index (κ2) is 6.93. The van der Waals surface area contributed by atoms with Gasteiger partial charge in [-0.25, -0.2) is 0 Å². The second-order valence-corrected chi connectivity index (χ2v) is 5.79. The average Bonchev–Trinajstić information content (AvgIpc) is 2.59. The number of aliphatic hydroxyl groups is 1. The van der Waals surface area contributed by atoms with Crippen molar-refractivity contribution in [1.29, 1.82) is 0 Å². The van der Waals surface area contributed by atoms with Crippen molar-refractivity contribution in [2.45, 2.75) is 27.0 Å². The number of aliphatic hydroxyl groups excluding tert-OH is 1. The van der Waals surface area contributed by atoms with Crippen molar-refractivity contribution < 1.29 is 19.4 Å². The fourth-order valence-corrected chi connectivity index (χ4v) is 2.74. The molecule has 24 heavy (non-hydrogen) atoms. The Morgan fingerprint density at radius 2 is 1.96 bits per heavy atom. The molecule has 0 spiro atoms. The molecular weight excluding hydrogens is 306 g/mol. The number of benzene rings is 2. The Labute approximate surface area is 141 Å². The van der Waals surface area contributed by atoms with Gasteiger partial charge < -0.3 is 19.5 Å². The molecule has 0 saturated carbocycles. The van der Waals surface area contributed by atoms with Gasteiger partial charge in [-0.1, -0.05) is 29.8 Å². The van der Waals surface area contributed by atoms with Crippen LogP contribution in [0, 0.1) is 6.92 Å². The van der Waals surface area contributed by atoms with Gasteiger partial charge >= 0.3 is 0 Å². The summed E-state index contributed by atoms with van der Waals surface area (Å²) in [5.41, 5.74) is 3.54. The van der Waals surface area contributed by atoms with Crippen LogP contribution in [0.4, 0.5) is 5.69 Å². The molecule has 0 fully saturated rings. The van der Waals surface area contributed by atoms with E-state index >= 15 is 0 Å². The van der Waals surface area contributed by atoms with E-state index in [1.807, 2.05) is 38.1 Å². The van der Waals surface area contributed by atoms with Crippen molar-refractivity contribution >= 4 is 11.6 Å². The Morgan fingerprint density at radius 3 is 2.62 bits per heavy atom. The van der Waals surface area contributed by atoms with Crippen LogP contribution >= 0.6 is 0 Å². The van der Waals surface area contributed by atoms with Gasteiger partial charge in [-0.15, -0.1) is 0 Å². The molecule has 1 amide bonds. The van der Waals surface area contributed by atoms with E-state index in [-0.39, 0.29) is 19.1 Å². The summed E-state index contributed by atoms with van der Waals surface area (Å²) >= 11 is 0. The van der Waals surface area contributed by atoms with Crippen molar-refractivity contribution in [1.82, 2.24) is 0 Å². The Balaban J connectivity index is 2.00. The van der Waals surface area contributed by atoms with Gasteiger partial charge in [0.05, 0.1) is 25.4 Å². The molecule has 5 nitrogen and oxygen atoms in total. The molecule has 0 aliphatic carbocycles. The van der Waals surface area contributed by atoms with Crippen LogP contribution in [-0.2, 0) is 17.9 Å². The second-order valence-electron chi connectivity index (χ2n) is 5.79. The minimum absolute atomic E-state index is 0.0165. The van der Waals surface area contributed by atoms with Crippen LogP contribution in [-0.4, -0.2) is 24.2 Å². The van der Waals surface area contributed by atoms with Crippen molar-refractivity contribution in [3.8, 4) is 11.5 Å². The number of hydrogen-bond acceptors (Lipinski definition) is 4. The molecular formula is C19H21NO4. The van der Waals surface area contributed by atoms with Gasteiger partial charge in [-0.05, 0) is 37.1 Å². The van der Waals surface area contributed by atoms with Gasteiger partial charge in [0.2, 0.25) is 0 Å². The highest BCUT2D eigenvalue weighted by atomic mass is 16.5. The first-order valence-electron chi connectivity index (χ1n) is 8.01. The number of nitrogens with zero attached hydrogens (tertiary/aromatic N) is 1. The molecule has 2 aromatic rings. The summed E-state index contributed by atoms with van der Waals surface area (Å²) in [4.78, 5) is 14.1. The molecule has 3 rings (SSSR count). The van der Waals surface area contributed by atoms with E-state index in [4.69, 9.17) is 9.47 Å². The molecule has 0 bridgehead atoms. The molecule has 0 atom stereocenters. The first-order valence-corrected chi connectivity index (χ1v) is 8.01. The molecule has 1 N–H and O–H groups in total. The highest BCUT2D eigenvalue weighted by Crippen LogP contribution is 2.42. The number of anilines is 1. The first kappa shape index (κ1) is 16.3. The highest BCUT2D eigenvalue weighted by molar-refractivity contribution is 5.98. The van der Waals surface area contributed by atoms with Crippen LogP contribution in [0.3, 0.4) is 0 Å². The van der Waals surface area contributed by atoms with Crippen LogP contribution in [0.2, 0.25) is 0 Å². The summed E-state index contributed by atoms with van der Waals surface area (Å²) in [6, 6.07) is 11.6. The smallest absolute Gasteiger partial charge is 0.265 e. The lowest BCUT2D eigenvalue weighted by molar-refractivity contribution is -0.121. The first-order chi connectivity index (χ1) is 11.6. The largest absolute Gasteiger partial charge is 0.490 e. The zero-order valence-electron chi connectivity index (χ0n) is 13.9. The number of carbonyl (C=O) groups excluding carboxylic acids is 1. The Bertz CT molecular complexity index is 740. The average molecular weight is 327 g/mol. The maximum absolute atomic E-state index is 12.4. The molecule has 2 aromatic carbocycles. The monoisotopic (exact) mass is 327 g/mol. The number of carbonyl (C=O) groups is 1. The van der Waals surface area contributed by atoms with Crippen LogP contribution in [0.15, 0.2) is 36.4 Å². The molecule has 0 unspecified atom stereocenters. The SMILES string of the molecule is CCOc1cc(CO)cc2c1OCC(=O)N2Cc1ccc(C)cc1. The van der Waals surface area contributed by atoms with Crippen molar-refractivity contribution in [2.24, 2.45) is 0 Å². The van der Waals surface area contributed by atoms with Crippen LogP contribution in [0.1, 0.15) is 23.6 Å². The standard InChI is InChI=1S/C19H21NO4/c1-3-23-17-9-15(11-21)8-16-19(17)24-12-18(22)20(16)10-14-6-4-13(2)5-7-14/h4-9,21H,3,10-12H2,1-2H3. The van der Waals surface area contributed by atoms with Gasteiger partial charge in [-0.2, -0.15) is 0 Å². The molecule has 0 aromatic heterocycles. The summed E-state index contributed by atoms with van der Waals surface area (Å²) in [7, 11) is 0. The minimum Gasteiger partial charge on any atom is -0.490 e. The lowest BCUT2D eigenvalue weighted by Crippen LogP contribution is -2.38. The molecule has 5 heteroatoms. The van der Waals surface area contributed by atoms with Crippen LogP contribution in [0.5, 0.6) is 11.5 Å². The van der Waals surface area contributed by atoms with E-state index in [2.05, 4.69) is 0 Å². The molecule has 0 saturated heterocycles. The predicted molar refractivity (Wildman–Crippen MR) is 91.4 cm³/mol. The van der Waals surface area contributed by atoms with Crippen molar-refractivity contribution in [3.05, 3.63) is 53.1 Å². The lowest BCUT2D eigenvalue weighted by atomic mass is 10.1. The van der Waals surface area contributed by atoms with Gasteiger partial charge in [-0.3, -0.25) is 4.79 Å². The van der Waals surface area contributed by atoms with E-state index in [0.29, 0.717) is 35.9 Å². The van der Waals surface area contributed by atoms with Gasteiger partial charge in [0.15, 0.2) is 18.1 Å². The minimum atomic E-state index is -0.125. The maximum Gasteiger partial charge on any atom is 0.265 e. The fourth-order valence-electron chi connectivity index (χ4n) is 2.74. The van der Waals surface area contributed by atoms with E-state index in [9.17, 15) is 9.90 Å². The molecule has 1 heterocycles. The normalized spacial score (nSPS) is 13.5. The van der Waals surface area contributed by atoms with Crippen molar-refractivity contribution in [2.75, 3.05) is 18.1 Å². The van der Waals surface area contributed by atoms with E-state index < -0.39 is 0 Å². The zero-order valence-corrected chi connectivity index (χ0v) is 13.9. The number of amides is 1. The van der Waals surface area contributed by atoms with Crippen LogP contribution < -0.4 is 14.4 Å². The Kier molecular flexibility index (Phi) is 4.71. The van der Waals surface area contributed by atoms with E-state index in [1.165, 1.54) is 5.56 Å². The topological polar surface area (TPSA) is 59.0 Å². The number of rotatable bonds is 5. The Morgan fingerprint density at radius 1 is 1.21 bits per heavy atom. The predicted octanol–water partition coefficient (Wildman–Crippen LogP) is 2.81. The summed E-state index contributed by atoms with van der Waals surface area (Å²) in [5, 5.41) is 9.50. The van der Waals surface area contributed by atoms with E-state index in [0.717, 1.165) is 5.56 Å².